The number of pyridine rings is 1. The van der Waals surface area contributed by atoms with Gasteiger partial charge in [-0.25, -0.2) is 0 Å². The molecule has 1 amide bonds. The lowest BCUT2D eigenvalue weighted by Crippen LogP contribution is -2.39. The zero-order valence-corrected chi connectivity index (χ0v) is 9.40. The molecule has 0 radical (unpaired) electrons. The summed E-state index contributed by atoms with van der Waals surface area (Å²) >= 11 is 0. The van der Waals surface area contributed by atoms with Crippen molar-refractivity contribution in [3.05, 3.63) is 34.2 Å². The van der Waals surface area contributed by atoms with E-state index in [9.17, 15) is 9.59 Å². The van der Waals surface area contributed by atoms with E-state index in [1.165, 1.54) is 0 Å². The van der Waals surface area contributed by atoms with Crippen molar-refractivity contribution in [3.63, 3.8) is 0 Å². The minimum atomic E-state index is -0.0827. The third-order valence-electron chi connectivity index (χ3n) is 3.11. The summed E-state index contributed by atoms with van der Waals surface area (Å²) in [6.45, 7) is 2.32. The fourth-order valence-corrected chi connectivity index (χ4v) is 2.33. The number of aromatic amines is 1. The van der Waals surface area contributed by atoms with Crippen LogP contribution in [0.3, 0.4) is 0 Å². The second-order valence-corrected chi connectivity index (χ2v) is 4.18. The number of H-pyrrole nitrogens is 1. The molecule has 86 valence electrons. The maximum absolute atomic E-state index is 11.7. The van der Waals surface area contributed by atoms with Crippen LogP contribution in [0.25, 0.3) is 0 Å². The molecule has 1 saturated heterocycles. The van der Waals surface area contributed by atoms with Gasteiger partial charge in [0, 0.05) is 25.2 Å². The van der Waals surface area contributed by atoms with Gasteiger partial charge in [-0.15, -0.1) is 0 Å². The lowest BCUT2D eigenvalue weighted by molar-refractivity contribution is -0.132. The lowest BCUT2D eigenvalue weighted by atomic mass is 9.96. The van der Waals surface area contributed by atoms with Crippen molar-refractivity contribution in [2.75, 3.05) is 6.54 Å². The van der Waals surface area contributed by atoms with Crippen LogP contribution in [0.4, 0.5) is 0 Å². The quantitative estimate of drug-likeness (QED) is 0.778. The molecule has 0 aromatic carbocycles. The number of piperidine rings is 1. The summed E-state index contributed by atoms with van der Waals surface area (Å²) in [5.74, 6) is 0.0490. The third kappa shape index (κ3) is 2.01. The monoisotopic (exact) mass is 220 g/mol. The van der Waals surface area contributed by atoms with Gasteiger partial charge in [0.25, 0.3) is 5.56 Å². The first-order valence-electron chi connectivity index (χ1n) is 5.65. The minimum absolute atomic E-state index is 0.0452. The van der Waals surface area contributed by atoms with E-state index in [1.807, 2.05) is 12.1 Å². The summed E-state index contributed by atoms with van der Waals surface area (Å²) in [5, 5.41) is 0. The van der Waals surface area contributed by atoms with Crippen LogP contribution in [0.5, 0.6) is 0 Å². The molecule has 0 unspecified atom stereocenters. The van der Waals surface area contributed by atoms with Gasteiger partial charge in [-0.2, -0.15) is 0 Å². The van der Waals surface area contributed by atoms with Crippen LogP contribution < -0.4 is 5.56 Å². The fraction of sp³-hybridized carbons (Fsp3) is 0.500. The third-order valence-corrected chi connectivity index (χ3v) is 3.11. The highest BCUT2D eigenvalue weighted by Gasteiger charge is 2.27. The topological polar surface area (TPSA) is 53.2 Å². The van der Waals surface area contributed by atoms with Crippen LogP contribution in [0.1, 0.15) is 37.8 Å². The number of rotatable bonds is 1. The SMILES string of the molecule is CC(=O)N1CCCC[C@@H]1c1ccc[nH]c1=O. The Morgan fingerprint density at radius 3 is 3.00 bits per heavy atom. The van der Waals surface area contributed by atoms with Gasteiger partial charge in [0.2, 0.25) is 5.91 Å². The normalized spacial score (nSPS) is 20.8. The molecule has 1 aliphatic heterocycles. The van der Waals surface area contributed by atoms with Crippen molar-refractivity contribution in [3.8, 4) is 0 Å². The molecule has 1 N–H and O–H groups in total. The first kappa shape index (κ1) is 10.9. The number of nitrogens with one attached hydrogen (secondary N) is 1. The predicted octanol–water partition coefficient (Wildman–Crippen LogP) is 1.45. The Bertz CT molecular complexity index is 439. The van der Waals surface area contributed by atoms with Gasteiger partial charge in [0.05, 0.1) is 6.04 Å². The average molecular weight is 220 g/mol. The van der Waals surface area contributed by atoms with Crippen LogP contribution in [-0.4, -0.2) is 22.3 Å². The molecule has 1 aromatic rings. The highest BCUT2D eigenvalue weighted by atomic mass is 16.2. The number of hydrogen-bond acceptors (Lipinski definition) is 2. The van der Waals surface area contributed by atoms with E-state index in [-0.39, 0.29) is 17.5 Å². The first-order valence-corrected chi connectivity index (χ1v) is 5.65. The van der Waals surface area contributed by atoms with E-state index >= 15 is 0 Å². The molecule has 2 rings (SSSR count). The number of likely N-dealkylation sites (tertiary alicyclic amines) is 1. The zero-order chi connectivity index (χ0) is 11.5. The van der Waals surface area contributed by atoms with Gasteiger partial charge in [-0.05, 0) is 31.4 Å². The summed E-state index contributed by atoms with van der Waals surface area (Å²) in [4.78, 5) is 27.7. The second-order valence-electron chi connectivity index (χ2n) is 4.18. The minimum Gasteiger partial charge on any atom is -0.336 e. The lowest BCUT2D eigenvalue weighted by Gasteiger charge is -2.34. The molecular formula is C12H16N2O2. The number of hydrogen-bond donors (Lipinski definition) is 1. The van der Waals surface area contributed by atoms with Gasteiger partial charge < -0.3 is 9.88 Å². The highest BCUT2D eigenvalue weighted by molar-refractivity contribution is 5.73. The molecule has 1 aliphatic rings. The number of amides is 1. The summed E-state index contributed by atoms with van der Waals surface area (Å²) in [6.07, 6.45) is 4.60. The molecule has 0 bridgehead atoms. The van der Waals surface area contributed by atoms with Crippen molar-refractivity contribution < 1.29 is 4.79 Å². The van der Waals surface area contributed by atoms with Crippen LogP contribution in [-0.2, 0) is 4.79 Å². The number of nitrogens with zero attached hydrogens (tertiary/aromatic N) is 1. The van der Waals surface area contributed by atoms with Gasteiger partial charge >= 0.3 is 0 Å². The maximum atomic E-state index is 11.7. The summed E-state index contributed by atoms with van der Waals surface area (Å²) in [6, 6.07) is 3.57. The Kier molecular flexibility index (Phi) is 3.08. The Hall–Kier alpha value is -1.58. The molecule has 1 atom stereocenters. The van der Waals surface area contributed by atoms with Crippen molar-refractivity contribution in [2.24, 2.45) is 0 Å². The van der Waals surface area contributed by atoms with Gasteiger partial charge in [-0.3, -0.25) is 9.59 Å². The highest BCUT2D eigenvalue weighted by Crippen LogP contribution is 2.28. The Morgan fingerprint density at radius 1 is 1.50 bits per heavy atom. The van der Waals surface area contributed by atoms with Crippen LogP contribution in [0.15, 0.2) is 23.1 Å². The predicted molar refractivity (Wildman–Crippen MR) is 61.0 cm³/mol. The van der Waals surface area contributed by atoms with Gasteiger partial charge in [0.15, 0.2) is 0 Å². The molecule has 1 fully saturated rings. The Balaban J connectivity index is 2.34. The molecule has 2 heterocycles. The van der Waals surface area contributed by atoms with E-state index in [1.54, 1.807) is 18.0 Å². The molecule has 0 saturated carbocycles. The van der Waals surface area contributed by atoms with Crippen molar-refractivity contribution in [2.45, 2.75) is 32.2 Å². The molecule has 4 heteroatoms. The van der Waals surface area contributed by atoms with E-state index < -0.39 is 0 Å². The van der Waals surface area contributed by atoms with E-state index in [4.69, 9.17) is 0 Å². The standard InChI is InChI=1S/C12H16N2O2/c1-9(15)14-8-3-2-6-11(14)10-5-4-7-13-12(10)16/h4-5,7,11H,2-3,6,8H2,1H3,(H,13,16)/t11-/m1/s1. The smallest absolute Gasteiger partial charge is 0.253 e. The molecular weight excluding hydrogens is 204 g/mol. The van der Waals surface area contributed by atoms with Gasteiger partial charge in [-0.1, -0.05) is 0 Å². The maximum Gasteiger partial charge on any atom is 0.253 e. The van der Waals surface area contributed by atoms with Crippen molar-refractivity contribution in [1.29, 1.82) is 0 Å². The summed E-state index contributed by atoms with van der Waals surface area (Å²) < 4.78 is 0. The first-order chi connectivity index (χ1) is 7.70. The van der Waals surface area contributed by atoms with E-state index in [2.05, 4.69) is 4.98 Å². The molecule has 1 aromatic heterocycles. The summed E-state index contributed by atoms with van der Waals surface area (Å²) in [7, 11) is 0. The molecule has 4 nitrogen and oxygen atoms in total. The van der Waals surface area contributed by atoms with Crippen LogP contribution >= 0.6 is 0 Å². The van der Waals surface area contributed by atoms with E-state index in [0.717, 1.165) is 25.8 Å². The van der Waals surface area contributed by atoms with Crippen LogP contribution in [0, 0.1) is 0 Å². The van der Waals surface area contributed by atoms with Crippen molar-refractivity contribution >= 4 is 5.91 Å². The Morgan fingerprint density at radius 2 is 2.31 bits per heavy atom. The largest absolute Gasteiger partial charge is 0.336 e. The molecule has 0 aliphatic carbocycles. The zero-order valence-electron chi connectivity index (χ0n) is 9.40. The molecule has 0 spiro atoms. The Labute approximate surface area is 94.3 Å². The summed E-state index contributed by atoms with van der Waals surface area (Å²) in [5.41, 5.74) is 0.623. The van der Waals surface area contributed by atoms with Crippen LogP contribution in [0.2, 0.25) is 0 Å². The van der Waals surface area contributed by atoms with E-state index in [0.29, 0.717) is 5.56 Å². The molecule has 16 heavy (non-hydrogen) atoms. The number of aromatic nitrogens is 1. The average Bonchev–Trinajstić information content (AvgIpc) is 2.29. The van der Waals surface area contributed by atoms with Crippen molar-refractivity contribution in [1.82, 2.24) is 9.88 Å². The number of carbonyl (C=O) groups is 1. The number of carbonyl (C=O) groups excluding carboxylic acids is 1. The fourth-order valence-electron chi connectivity index (χ4n) is 2.33. The second kappa shape index (κ2) is 4.51. The van der Waals surface area contributed by atoms with Gasteiger partial charge in [0.1, 0.15) is 0 Å².